The summed E-state index contributed by atoms with van der Waals surface area (Å²) in [6, 6.07) is 4.45. The highest BCUT2D eigenvalue weighted by molar-refractivity contribution is 6.36. The Morgan fingerprint density at radius 1 is 1.38 bits per heavy atom. The van der Waals surface area contributed by atoms with Crippen molar-refractivity contribution >= 4 is 29.2 Å². The van der Waals surface area contributed by atoms with Crippen molar-refractivity contribution in [1.29, 1.82) is 0 Å². The smallest absolute Gasteiger partial charge is 0.335 e. The van der Waals surface area contributed by atoms with E-state index < -0.39 is 17.7 Å². The molecule has 0 amide bonds. The fourth-order valence-electron chi connectivity index (χ4n) is 1.36. The van der Waals surface area contributed by atoms with E-state index in [2.05, 4.69) is 0 Å². The van der Waals surface area contributed by atoms with Gasteiger partial charge in [0.25, 0.3) is 0 Å². The minimum Gasteiger partial charge on any atom is -0.479 e. The summed E-state index contributed by atoms with van der Waals surface area (Å²) in [5.41, 5.74) is -2.06. The van der Waals surface area contributed by atoms with Crippen LogP contribution in [0.25, 0.3) is 0 Å². The second-order valence-electron chi connectivity index (χ2n) is 3.48. The Hall–Kier alpha value is -0.810. The number of hydrogen-bond acceptors (Lipinski definition) is 3. The summed E-state index contributed by atoms with van der Waals surface area (Å²) in [4.78, 5) is 10.6. The van der Waals surface area contributed by atoms with Crippen LogP contribution < -0.4 is 0 Å². The summed E-state index contributed by atoms with van der Waals surface area (Å²) in [6.45, 7) is 1.14. The maximum atomic E-state index is 10.6. The molecule has 0 bridgehead atoms. The van der Waals surface area contributed by atoms with E-state index in [-0.39, 0.29) is 15.6 Å². The van der Waals surface area contributed by atoms with Gasteiger partial charge in [-0.25, -0.2) is 4.79 Å². The van der Waals surface area contributed by atoms with Gasteiger partial charge in [-0.2, -0.15) is 0 Å². The van der Waals surface area contributed by atoms with Crippen LogP contribution in [-0.2, 0) is 10.4 Å². The summed E-state index contributed by atoms with van der Waals surface area (Å²) >= 11 is 11.6. The fraction of sp³-hybridized carbons (Fsp3) is 0.300. The van der Waals surface area contributed by atoms with E-state index in [9.17, 15) is 15.0 Å². The van der Waals surface area contributed by atoms with Gasteiger partial charge in [0.05, 0.1) is 0 Å². The van der Waals surface area contributed by atoms with Crippen molar-refractivity contribution in [3.8, 4) is 0 Å². The SMILES string of the molecule is C[C@](O)(c1c(Cl)cccc1Cl)[C@@H](O)C(=O)O. The third-order valence-electron chi connectivity index (χ3n) is 2.24. The number of rotatable bonds is 3. The number of hydrogen-bond donors (Lipinski definition) is 3. The molecule has 4 nitrogen and oxygen atoms in total. The Kier molecular flexibility index (Phi) is 3.80. The second-order valence-corrected chi connectivity index (χ2v) is 4.30. The Morgan fingerprint density at radius 2 is 1.81 bits per heavy atom. The predicted molar refractivity (Wildman–Crippen MR) is 59.7 cm³/mol. The maximum absolute atomic E-state index is 10.6. The number of carbonyl (C=O) groups is 1. The van der Waals surface area contributed by atoms with Crippen LogP contribution in [0.2, 0.25) is 10.0 Å². The lowest BCUT2D eigenvalue weighted by Gasteiger charge is -2.28. The van der Waals surface area contributed by atoms with E-state index >= 15 is 0 Å². The van der Waals surface area contributed by atoms with Crippen molar-refractivity contribution in [3.05, 3.63) is 33.8 Å². The number of benzene rings is 1. The number of carboxylic acid groups (broad SMARTS) is 1. The summed E-state index contributed by atoms with van der Waals surface area (Å²) in [5, 5.41) is 28.2. The molecule has 0 unspecified atom stereocenters. The molecular formula is C10H10Cl2O4. The predicted octanol–water partition coefficient (Wildman–Crippen LogP) is 1.65. The van der Waals surface area contributed by atoms with Crippen molar-refractivity contribution in [2.45, 2.75) is 18.6 Å². The minimum atomic E-state index is -2.05. The second kappa shape index (κ2) is 4.59. The normalized spacial score (nSPS) is 16.6. The number of aliphatic carboxylic acids is 1. The lowest BCUT2D eigenvalue weighted by atomic mass is 9.90. The van der Waals surface area contributed by atoms with Crippen molar-refractivity contribution in [1.82, 2.24) is 0 Å². The molecule has 2 atom stereocenters. The van der Waals surface area contributed by atoms with Crippen molar-refractivity contribution in [3.63, 3.8) is 0 Å². The Morgan fingerprint density at radius 3 is 2.19 bits per heavy atom. The minimum absolute atomic E-state index is 0.00627. The molecule has 0 spiro atoms. The molecule has 1 aromatic rings. The number of carboxylic acids is 1. The van der Waals surface area contributed by atoms with Gasteiger partial charge >= 0.3 is 5.97 Å². The molecule has 3 N–H and O–H groups in total. The quantitative estimate of drug-likeness (QED) is 0.776. The number of aliphatic hydroxyl groups excluding tert-OH is 1. The first-order valence-corrected chi connectivity index (χ1v) is 5.11. The van der Waals surface area contributed by atoms with Gasteiger partial charge in [0.15, 0.2) is 6.10 Å². The van der Waals surface area contributed by atoms with Crippen LogP contribution in [0.3, 0.4) is 0 Å². The monoisotopic (exact) mass is 264 g/mol. The number of halogens is 2. The first-order valence-electron chi connectivity index (χ1n) is 4.36. The first kappa shape index (κ1) is 13.3. The zero-order valence-electron chi connectivity index (χ0n) is 8.32. The van der Waals surface area contributed by atoms with E-state index in [1.54, 1.807) is 6.07 Å². The van der Waals surface area contributed by atoms with Gasteiger partial charge in [-0.3, -0.25) is 0 Å². The Bertz CT molecular complexity index is 397. The summed E-state index contributed by atoms with van der Waals surface area (Å²) in [5.74, 6) is -1.55. The van der Waals surface area contributed by atoms with E-state index in [1.165, 1.54) is 12.1 Å². The molecule has 0 fully saturated rings. The topological polar surface area (TPSA) is 77.8 Å². The van der Waals surface area contributed by atoms with Crippen LogP contribution in [0.1, 0.15) is 12.5 Å². The van der Waals surface area contributed by atoms with Crippen LogP contribution >= 0.6 is 23.2 Å². The highest BCUT2D eigenvalue weighted by atomic mass is 35.5. The third kappa shape index (κ3) is 2.30. The molecule has 0 heterocycles. The van der Waals surface area contributed by atoms with Gasteiger partial charge in [-0.15, -0.1) is 0 Å². The average molecular weight is 265 g/mol. The van der Waals surface area contributed by atoms with Gasteiger partial charge in [0, 0.05) is 15.6 Å². The van der Waals surface area contributed by atoms with E-state index in [0.29, 0.717) is 0 Å². The Balaban J connectivity index is 3.31. The molecule has 6 heteroatoms. The highest BCUT2D eigenvalue weighted by Crippen LogP contribution is 2.36. The van der Waals surface area contributed by atoms with E-state index in [4.69, 9.17) is 28.3 Å². The summed E-state index contributed by atoms with van der Waals surface area (Å²) < 4.78 is 0. The average Bonchev–Trinajstić information content (AvgIpc) is 2.15. The zero-order valence-corrected chi connectivity index (χ0v) is 9.83. The lowest BCUT2D eigenvalue weighted by molar-refractivity contribution is -0.162. The standard InChI is InChI=1S/C10H10Cl2O4/c1-10(16,8(13)9(14)15)7-5(11)3-2-4-6(7)12/h2-4,8,13,16H,1H3,(H,14,15)/t8-,10-/m0/s1. The maximum Gasteiger partial charge on any atom is 0.335 e. The van der Waals surface area contributed by atoms with E-state index in [0.717, 1.165) is 6.92 Å². The third-order valence-corrected chi connectivity index (χ3v) is 2.87. The van der Waals surface area contributed by atoms with Gasteiger partial charge in [-0.1, -0.05) is 29.3 Å². The van der Waals surface area contributed by atoms with Crippen LogP contribution in [0.15, 0.2) is 18.2 Å². The van der Waals surface area contributed by atoms with Gasteiger partial charge in [-0.05, 0) is 19.1 Å². The van der Waals surface area contributed by atoms with Crippen molar-refractivity contribution in [2.75, 3.05) is 0 Å². The van der Waals surface area contributed by atoms with E-state index in [1.807, 2.05) is 0 Å². The molecule has 0 saturated carbocycles. The number of aliphatic hydroxyl groups is 2. The molecule has 0 aliphatic carbocycles. The molecular weight excluding hydrogens is 255 g/mol. The fourth-order valence-corrected chi connectivity index (χ4v) is 2.14. The zero-order chi connectivity index (χ0) is 12.5. The molecule has 16 heavy (non-hydrogen) atoms. The molecule has 1 aromatic carbocycles. The summed E-state index contributed by atoms with van der Waals surface area (Å²) in [7, 11) is 0. The lowest BCUT2D eigenvalue weighted by Crippen LogP contribution is -2.42. The molecule has 0 aliphatic rings. The molecule has 1 rings (SSSR count). The highest BCUT2D eigenvalue weighted by Gasteiger charge is 2.40. The van der Waals surface area contributed by atoms with Gasteiger partial charge < -0.3 is 15.3 Å². The van der Waals surface area contributed by atoms with Crippen LogP contribution in [-0.4, -0.2) is 27.4 Å². The van der Waals surface area contributed by atoms with Gasteiger partial charge in [0.2, 0.25) is 0 Å². The van der Waals surface area contributed by atoms with Crippen molar-refractivity contribution < 1.29 is 20.1 Å². The largest absolute Gasteiger partial charge is 0.479 e. The molecule has 0 aromatic heterocycles. The molecule has 0 saturated heterocycles. The molecule has 0 aliphatic heterocycles. The molecule has 88 valence electrons. The van der Waals surface area contributed by atoms with Gasteiger partial charge in [0.1, 0.15) is 5.60 Å². The van der Waals surface area contributed by atoms with Crippen LogP contribution in [0.4, 0.5) is 0 Å². The Labute approximate surface area is 102 Å². The van der Waals surface area contributed by atoms with Crippen molar-refractivity contribution in [2.24, 2.45) is 0 Å². The molecule has 0 radical (unpaired) electrons. The first-order chi connectivity index (χ1) is 7.28. The summed E-state index contributed by atoms with van der Waals surface area (Å²) in [6.07, 6.45) is -2.01. The van der Waals surface area contributed by atoms with Crippen LogP contribution in [0, 0.1) is 0 Å². The van der Waals surface area contributed by atoms with Crippen LogP contribution in [0.5, 0.6) is 0 Å².